The Morgan fingerprint density at radius 2 is 1.76 bits per heavy atom. The second kappa shape index (κ2) is 10.4. The van der Waals surface area contributed by atoms with Crippen LogP contribution in [0, 0.1) is 16.7 Å². The molecule has 0 spiro atoms. The number of halogens is 2. The summed E-state index contributed by atoms with van der Waals surface area (Å²) in [7, 11) is 0. The van der Waals surface area contributed by atoms with E-state index in [1.165, 1.54) is 0 Å². The van der Waals surface area contributed by atoms with Crippen LogP contribution in [0.2, 0.25) is 0 Å². The lowest BCUT2D eigenvalue weighted by atomic mass is 9.96. The summed E-state index contributed by atoms with van der Waals surface area (Å²) in [4.78, 5) is 19.8. The van der Waals surface area contributed by atoms with Crippen LogP contribution in [0.25, 0.3) is 11.3 Å². The molecule has 38 heavy (non-hydrogen) atoms. The quantitative estimate of drug-likeness (QED) is 0.388. The number of aliphatic hydroxyl groups is 1. The van der Waals surface area contributed by atoms with Gasteiger partial charge in [-0.05, 0) is 70.2 Å². The molecule has 7 nitrogen and oxygen atoms in total. The van der Waals surface area contributed by atoms with Crippen LogP contribution in [0.3, 0.4) is 0 Å². The van der Waals surface area contributed by atoms with Gasteiger partial charge in [0.15, 0.2) is 0 Å². The minimum atomic E-state index is -2.65. The van der Waals surface area contributed by atoms with E-state index in [0.29, 0.717) is 33.8 Å². The molecule has 0 radical (unpaired) electrons. The first-order chi connectivity index (χ1) is 17.9. The predicted molar refractivity (Wildman–Crippen MR) is 138 cm³/mol. The highest BCUT2D eigenvalue weighted by atomic mass is 19.3. The molecule has 0 unspecified atom stereocenters. The van der Waals surface area contributed by atoms with Crippen LogP contribution in [0.1, 0.15) is 49.3 Å². The fourth-order valence-corrected chi connectivity index (χ4v) is 4.00. The molecule has 1 aliphatic rings. The van der Waals surface area contributed by atoms with Gasteiger partial charge in [-0.3, -0.25) is 4.79 Å². The number of benzene rings is 2. The molecule has 3 aromatic rings. The number of amides is 1. The first-order valence-electron chi connectivity index (χ1n) is 12.1. The number of hydrogen-bond donors (Lipinski definition) is 1. The predicted octanol–water partition coefficient (Wildman–Crippen LogP) is 5.71. The van der Waals surface area contributed by atoms with Crippen molar-refractivity contribution in [2.24, 2.45) is 5.41 Å². The van der Waals surface area contributed by atoms with Crippen molar-refractivity contribution in [2.45, 2.75) is 46.3 Å². The molecule has 2 aromatic carbocycles. The number of alkyl halides is 2. The molecule has 0 atom stereocenters. The Balaban J connectivity index is 1.71. The van der Waals surface area contributed by atoms with Gasteiger partial charge in [-0.25, -0.2) is 13.8 Å². The topological polar surface area (TPSA) is 95.7 Å². The van der Waals surface area contributed by atoms with Crippen LogP contribution < -0.4 is 14.4 Å². The third-order valence-corrected chi connectivity index (χ3v) is 6.10. The van der Waals surface area contributed by atoms with E-state index >= 15 is 0 Å². The summed E-state index contributed by atoms with van der Waals surface area (Å²) in [6.07, 6.45) is -2.65. The Kier molecular flexibility index (Phi) is 7.38. The highest BCUT2D eigenvalue weighted by Crippen LogP contribution is 2.40. The number of aromatic nitrogens is 1. The summed E-state index contributed by atoms with van der Waals surface area (Å²) in [5, 5.41) is 19.9. The monoisotopic (exact) mass is 521 g/mol. The van der Waals surface area contributed by atoms with E-state index in [-0.39, 0.29) is 30.5 Å². The number of pyridine rings is 1. The van der Waals surface area contributed by atoms with Gasteiger partial charge in [0.2, 0.25) is 0 Å². The molecule has 1 aliphatic heterocycles. The van der Waals surface area contributed by atoms with Crippen molar-refractivity contribution in [3.05, 3.63) is 71.4 Å². The zero-order valence-electron chi connectivity index (χ0n) is 21.7. The number of ether oxygens (including phenoxy) is 2. The SMILES string of the molecule is CC(C)(C#N)COc1ccc(N2Cc3c(cc(C(C)(C)O)nc3-c3ccccc3OCC(F)F)C2=O)cc1. The average Bonchev–Trinajstić information content (AvgIpc) is 3.22. The first-order valence-corrected chi connectivity index (χ1v) is 12.1. The van der Waals surface area contributed by atoms with E-state index in [0.717, 1.165) is 0 Å². The molecule has 9 heteroatoms. The summed E-state index contributed by atoms with van der Waals surface area (Å²) in [5.74, 6) is 0.500. The molecule has 198 valence electrons. The van der Waals surface area contributed by atoms with Gasteiger partial charge >= 0.3 is 0 Å². The van der Waals surface area contributed by atoms with Crippen molar-refractivity contribution >= 4 is 11.6 Å². The van der Waals surface area contributed by atoms with Crippen LogP contribution in [-0.2, 0) is 12.1 Å². The Bertz CT molecular complexity index is 1380. The lowest BCUT2D eigenvalue weighted by molar-refractivity contribution is 0.0738. The molecular weight excluding hydrogens is 492 g/mol. The maximum atomic E-state index is 13.6. The molecule has 4 rings (SSSR count). The number of rotatable bonds is 9. The Labute approximate surface area is 220 Å². The fraction of sp³-hybridized carbons (Fsp3) is 0.345. The first kappa shape index (κ1) is 27.0. The van der Waals surface area contributed by atoms with Crippen molar-refractivity contribution in [1.82, 2.24) is 4.98 Å². The second-order valence-electron chi connectivity index (χ2n) is 10.3. The highest BCUT2D eigenvalue weighted by molar-refractivity contribution is 6.11. The summed E-state index contributed by atoms with van der Waals surface area (Å²) >= 11 is 0. The third kappa shape index (κ3) is 5.76. The summed E-state index contributed by atoms with van der Waals surface area (Å²) in [5.41, 5.74) is 0.714. The van der Waals surface area contributed by atoms with Crippen LogP contribution in [0.4, 0.5) is 14.5 Å². The zero-order chi connectivity index (χ0) is 27.7. The Morgan fingerprint density at radius 3 is 2.39 bits per heavy atom. The summed E-state index contributed by atoms with van der Waals surface area (Å²) < 4.78 is 36.9. The highest BCUT2D eigenvalue weighted by Gasteiger charge is 2.35. The van der Waals surface area contributed by atoms with Gasteiger partial charge < -0.3 is 19.5 Å². The van der Waals surface area contributed by atoms with Gasteiger partial charge in [0.25, 0.3) is 12.3 Å². The van der Waals surface area contributed by atoms with Crippen molar-refractivity contribution in [3.63, 3.8) is 0 Å². The number of carbonyl (C=O) groups is 1. The maximum absolute atomic E-state index is 13.6. The van der Waals surface area contributed by atoms with Gasteiger partial charge in [-0.1, -0.05) is 12.1 Å². The zero-order valence-corrected chi connectivity index (χ0v) is 21.7. The van der Waals surface area contributed by atoms with Gasteiger partial charge in [-0.2, -0.15) is 5.26 Å². The summed E-state index contributed by atoms with van der Waals surface area (Å²) in [6.45, 7) is 6.32. The number of nitrogens with zero attached hydrogens (tertiary/aromatic N) is 3. The van der Waals surface area contributed by atoms with Gasteiger partial charge in [0.1, 0.15) is 30.3 Å². The van der Waals surface area contributed by atoms with Crippen LogP contribution in [-0.4, -0.2) is 35.6 Å². The smallest absolute Gasteiger partial charge is 0.272 e. The number of para-hydroxylation sites is 1. The molecule has 0 saturated carbocycles. The number of carbonyl (C=O) groups excluding carboxylic acids is 1. The molecule has 0 bridgehead atoms. The second-order valence-corrected chi connectivity index (χ2v) is 10.3. The molecule has 0 saturated heterocycles. The molecule has 0 aliphatic carbocycles. The normalized spacial score (nSPS) is 13.4. The minimum absolute atomic E-state index is 0.188. The summed E-state index contributed by atoms with van der Waals surface area (Å²) in [6, 6.07) is 17.4. The van der Waals surface area contributed by atoms with E-state index in [4.69, 9.17) is 9.47 Å². The number of fused-ring (bicyclic) bond motifs is 1. The number of hydrogen-bond acceptors (Lipinski definition) is 6. The van der Waals surface area contributed by atoms with Crippen LogP contribution >= 0.6 is 0 Å². The molecule has 1 aromatic heterocycles. The van der Waals surface area contributed by atoms with E-state index < -0.39 is 24.0 Å². The van der Waals surface area contributed by atoms with Crippen LogP contribution in [0.5, 0.6) is 11.5 Å². The lowest BCUT2D eigenvalue weighted by Crippen LogP contribution is -2.23. The maximum Gasteiger partial charge on any atom is 0.272 e. The van der Waals surface area contributed by atoms with Crippen LogP contribution in [0.15, 0.2) is 54.6 Å². The van der Waals surface area contributed by atoms with Crippen molar-refractivity contribution < 1.29 is 28.2 Å². The number of anilines is 1. The number of nitriles is 1. The fourth-order valence-electron chi connectivity index (χ4n) is 4.00. The molecular formula is C29H29F2N3O4. The molecule has 0 fully saturated rings. The van der Waals surface area contributed by atoms with Gasteiger partial charge in [0, 0.05) is 22.4 Å². The van der Waals surface area contributed by atoms with Gasteiger partial charge in [0.05, 0.1) is 29.4 Å². The van der Waals surface area contributed by atoms with E-state index in [9.17, 15) is 23.9 Å². The molecule has 1 amide bonds. The average molecular weight is 522 g/mol. The largest absolute Gasteiger partial charge is 0.492 e. The Morgan fingerprint density at radius 1 is 1.08 bits per heavy atom. The van der Waals surface area contributed by atoms with Crippen molar-refractivity contribution in [3.8, 4) is 28.8 Å². The van der Waals surface area contributed by atoms with Crippen molar-refractivity contribution in [2.75, 3.05) is 18.1 Å². The van der Waals surface area contributed by atoms with E-state index in [1.54, 1.807) is 87.2 Å². The minimum Gasteiger partial charge on any atom is -0.492 e. The molecule has 2 heterocycles. The standard InChI is InChI=1S/C29H29F2N3O4/c1-28(2,16-32)17-38-19-11-9-18(10-12-19)34-14-22-21(27(34)35)13-24(29(3,4)36)33-26(22)20-7-5-6-8-23(20)37-15-25(30)31/h5-13,25,36H,14-15,17H2,1-4H3. The Hall–Kier alpha value is -4.03. The van der Waals surface area contributed by atoms with E-state index in [1.807, 2.05) is 0 Å². The van der Waals surface area contributed by atoms with Crippen molar-refractivity contribution in [1.29, 1.82) is 5.26 Å². The van der Waals surface area contributed by atoms with Gasteiger partial charge in [-0.15, -0.1) is 0 Å². The lowest BCUT2D eigenvalue weighted by Gasteiger charge is -2.20. The third-order valence-electron chi connectivity index (χ3n) is 6.10. The molecule has 1 N–H and O–H groups in total. The van der Waals surface area contributed by atoms with E-state index in [2.05, 4.69) is 11.1 Å².